The lowest BCUT2D eigenvalue weighted by molar-refractivity contribution is 0.280. The van der Waals surface area contributed by atoms with Crippen LogP contribution >= 0.6 is 0 Å². The summed E-state index contributed by atoms with van der Waals surface area (Å²) in [5.74, 6) is 2.17. The zero-order valence-electron chi connectivity index (χ0n) is 12.6. The Bertz CT molecular complexity index is 605. The molecular weight excluding hydrogens is 266 g/mol. The summed E-state index contributed by atoms with van der Waals surface area (Å²) in [6.07, 6.45) is 3.31. The van der Waals surface area contributed by atoms with Gasteiger partial charge >= 0.3 is 0 Å². The molecule has 0 atom stereocenters. The van der Waals surface area contributed by atoms with Gasteiger partial charge in [-0.2, -0.15) is 4.98 Å². The highest BCUT2D eigenvalue weighted by Gasteiger charge is 2.21. The second kappa shape index (κ2) is 6.26. The average molecular weight is 287 g/mol. The van der Waals surface area contributed by atoms with Crippen LogP contribution in [0.1, 0.15) is 42.6 Å². The van der Waals surface area contributed by atoms with Crippen LogP contribution in [0.5, 0.6) is 5.75 Å². The van der Waals surface area contributed by atoms with Crippen molar-refractivity contribution in [3.8, 4) is 5.75 Å². The molecule has 1 heterocycles. The summed E-state index contributed by atoms with van der Waals surface area (Å²) in [6, 6.07) is 6.91. The van der Waals surface area contributed by atoms with Crippen molar-refractivity contribution >= 4 is 0 Å². The number of para-hydroxylation sites is 1. The Kier molecular flexibility index (Phi) is 4.20. The third kappa shape index (κ3) is 3.61. The van der Waals surface area contributed by atoms with Crippen LogP contribution < -0.4 is 10.1 Å². The van der Waals surface area contributed by atoms with Crippen LogP contribution in [0.4, 0.5) is 0 Å². The van der Waals surface area contributed by atoms with Gasteiger partial charge in [-0.3, -0.25) is 0 Å². The van der Waals surface area contributed by atoms with E-state index in [1.54, 1.807) is 0 Å². The molecule has 1 N–H and O–H groups in total. The third-order valence-electron chi connectivity index (χ3n) is 3.61. The molecule has 1 aliphatic carbocycles. The molecule has 0 aliphatic heterocycles. The third-order valence-corrected chi connectivity index (χ3v) is 3.61. The Hall–Kier alpha value is -1.88. The molecule has 5 heteroatoms. The van der Waals surface area contributed by atoms with Crippen molar-refractivity contribution in [2.24, 2.45) is 0 Å². The van der Waals surface area contributed by atoms with Crippen LogP contribution in [0.25, 0.3) is 0 Å². The monoisotopic (exact) mass is 287 g/mol. The predicted octanol–water partition coefficient (Wildman–Crippen LogP) is 2.77. The largest absolute Gasteiger partial charge is 0.485 e. The Morgan fingerprint density at radius 3 is 2.95 bits per heavy atom. The van der Waals surface area contributed by atoms with Crippen molar-refractivity contribution in [3.05, 3.63) is 41.0 Å². The average Bonchev–Trinajstić information content (AvgIpc) is 3.21. The zero-order chi connectivity index (χ0) is 14.7. The number of hydrogen-bond donors (Lipinski definition) is 1. The lowest BCUT2D eigenvalue weighted by Crippen LogP contribution is -2.16. The van der Waals surface area contributed by atoms with E-state index in [4.69, 9.17) is 9.26 Å². The second-order valence-corrected chi connectivity index (χ2v) is 5.46. The van der Waals surface area contributed by atoms with Crippen molar-refractivity contribution in [3.63, 3.8) is 0 Å². The maximum Gasteiger partial charge on any atom is 0.226 e. The zero-order valence-corrected chi connectivity index (χ0v) is 12.6. The van der Waals surface area contributed by atoms with Gasteiger partial charge in [-0.1, -0.05) is 30.3 Å². The molecule has 1 fully saturated rings. The molecule has 5 nitrogen and oxygen atoms in total. The van der Waals surface area contributed by atoms with Crippen LogP contribution in [0.15, 0.2) is 22.7 Å². The van der Waals surface area contributed by atoms with Crippen molar-refractivity contribution in [1.82, 2.24) is 15.5 Å². The van der Waals surface area contributed by atoms with Gasteiger partial charge in [0.25, 0.3) is 0 Å². The summed E-state index contributed by atoms with van der Waals surface area (Å²) in [4.78, 5) is 4.27. The molecule has 0 amide bonds. The number of hydrogen-bond acceptors (Lipinski definition) is 5. The smallest absolute Gasteiger partial charge is 0.226 e. The Morgan fingerprint density at radius 2 is 2.24 bits per heavy atom. The van der Waals surface area contributed by atoms with E-state index in [-0.39, 0.29) is 0 Å². The van der Waals surface area contributed by atoms with Crippen LogP contribution in [0, 0.1) is 6.92 Å². The number of nitrogens with one attached hydrogen (secondary N) is 1. The summed E-state index contributed by atoms with van der Waals surface area (Å²) < 4.78 is 11.0. The fraction of sp³-hybridized carbons (Fsp3) is 0.500. The van der Waals surface area contributed by atoms with Gasteiger partial charge in [0.1, 0.15) is 5.75 Å². The van der Waals surface area contributed by atoms with E-state index in [0.717, 1.165) is 24.3 Å². The fourth-order valence-corrected chi connectivity index (χ4v) is 2.23. The van der Waals surface area contributed by atoms with E-state index >= 15 is 0 Å². The van der Waals surface area contributed by atoms with Gasteiger partial charge in [0.15, 0.2) is 6.61 Å². The molecule has 3 rings (SSSR count). The van der Waals surface area contributed by atoms with E-state index in [9.17, 15) is 0 Å². The van der Waals surface area contributed by atoms with E-state index in [2.05, 4.69) is 40.6 Å². The highest BCUT2D eigenvalue weighted by atomic mass is 16.5. The molecule has 0 spiro atoms. The molecule has 21 heavy (non-hydrogen) atoms. The first-order valence-corrected chi connectivity index (χ1v) is 7.52. The number of rotatable bonds is 7. The predicted molar refractivity (Wildman–Crippen MR) is 79.0 cm³/mol. The molecule has 0 radical (unpaired) electrons. The van der Waals surface area contributed by atoms with Crippen molar-refractivity contribution in [2.45, 2.75) is 52.3 Å². The van der Waals surface area contributed by atoms with Gasteiger partial charge in [0.05, 0.1) is 0 Å². The van der Waals surface area contributed by atoms with Crippen LogP contribution in [-0.2, 0) is 19.6 Å². The first-order valence-electron chi connectivity index (χ1n) is 7.52. The number of ether oxygens (including phenoxy) is 1. The van der Waals surface area contributed by atoms with Gasteiger partial charge in [-0.25, -0.2) is 0 Å². The molecule has 2 aromatic rings. The van der Waals surface area contributed by atoms with E-state index in [1.165, 1.54) is 18.4 Å². The Morgan fingerprint density at radius 1 is 1.38 bits per heavy atom. The normalized spacial score (nSPS) is 14.4. The van der Waals surface area contributed by atoms with Crippen LogP contribution in [-0.4, -0.2) is 16.2 Å². The van der Waals surface area contributed by atoms with E-state index < -0.39 is 0 Å². The summed E-state index contributed by atoms with van der Waals surface area (Å²) >= 11 is 0. The molecule has 0 unspecified atom stereocenters. The van der Waals surface area contributed by atoms with Gasteiger partial charge in [-0.05, 0) is 25.3 Å². The number of aryl methyl sites for hydroxylation is 2. The molecule has 1 aromatic carbocycles. The van der Waals surface area contributed by atoms with Crippen molar-refractivity contribution < 1.29 is 9.26 Å². The summed E-state index contributed by atoms with van der Waals surface area (Å²) in [6.45, 7) is 5.23. The summed E-state index contributed by atoms with van der Waals surface area (Å²) in [5, 5.41) is 7.44. The number of benzene rings is 1. The quantitative estimate of drug-likeness (QED) is 0.848. The van der Waals surface area contributed by atoms with Crippen molar-refractivity contribution in [1.29, 1.82) is 0 Å². The molecule has 1 aromatic heterocycles. The Balaban J connectivity index is 1.67. The van der Waals surface area contributed by atoms with Crippen molar-refractivity contribution in [2.75, 3.05) is 0 Å². The minimum atomic E-state index is 0.338. The van der Waals surface area contributed by atoms with E-state index in [0.29, 0.717) is 24.4 Å². The van der Waals surface area contributed by atoms with Gasteiger partial charge < -0.3 is 14.6 Å². The summed E-state index contributed by atoms with van der Waals surface area (Å²) in [5.41, 5.74) is 2.31. The minimum Gasteiger partial charge on any atom is -0.485 e. The first-order chi connectivity index (χ1) is 10.3. The molecular formula is C16H21N3O2. The molecule has 112 valence electrons. The van der Waals surface area contributed by atoms with Gasteiger partial charge in [0, 0.05) is 24.6 Å². The van der Waals surface area contributed by atoms with Gasteiger partial charge in [-0.15, -0.1) is 0 Å². The standard InChI is InChI=1S/C16H21N3O2/c1-3-15-18-14(19-21-15)10-20-16-11(2)5-4-6-12(16)9-17-13-7-8-13/h4-6,13,17H,3,7-10H2,1-2H3. The number of aromatic nitrogens is 2. The lowest BCUT2D eigenvalue weighted by atomic mass is 10.1. The Labute approximate surface area is 124 Å². The molecule has 0 bridgehead atoms. The molecule has 1 aliphatic rings. The molecule has 1 saturated carbocycles. The summed E-state index contributed by atoms with van der Waals surface area (Å²) in [7, 11) is 0. The highest BCUT2D eigenvalue weighted by Crippen LogP contribution is 2.26. The van der Waals surface area contributed by atoms with Crippen LogP contribution in [0.2, 0.25) is 0 Å². The fourth-order valence-electron chi connectivity index (χ4n) is 2.23. The molecule has 0 saturated heterocycles. The second-order valence-electron chi connectivity index (χ2n) is 5.46. The lowest BCUT2D eigenvalue weighted by Gasteiger charge is -2.13. The van der Waals surface area contributed by atoms with E-state index in [1.807, 2.05) is 6.92 Å². The van der Waals surface area contributed by atoms with Gasteiger partial charge in [0.2, 0.25) is 11.7 Å². The topological polar surface area (TPSA) is 60.2 Å². The highest BCUT2D eigenvalue weighted by molar-refractivity contribution is 5.40. The maximum atomic E-state index is 5.94. The SMILES string of the molecule is CCc1nc(COc2c(C)cccc2CNC2CC2)no1. The first kappa shape index (κ1) is 14.1. The number of nitrogens with zero attached hydrogens (tertiary/aromatic N) is 2. The maximum absolute atomic E-state index is 5.94. The minimum absolute atomic E-state index is 0.338. The van der Waals surface area contributed by atoms with Crippen LogP contribution in [0.3, 0.4) is 0 Å².